The summed E-state index contributed by atoms with van der Waals surface area (Å²) in [5.74, 6) is 3.31. The van der Waals surface area contributed by atoms with E-state index in [4.69, 9.17) is 47.6 Å². The average Bonchev–Trinajstić information content (AvgIpc) is 1.61. The molecule has 0 fully saturated rings. The molecule has 6 aromatic heterocycles. The van der Waals surface area contributed by atoms with Crippen LogP contribution in [0.1, 0.15) is 0 Å². The van der Waals surface area contributed by atoms with Crippen LogP contribution in [0.3, 0.4) is 0 Å². The van der Waals surface area contributed by atoms with Crippen LogP contribution in [0.5, 0.6) is 0 Å². The van der Waals surface area contributed by atoms with E-state index in [-0.39, 0.29) is 0 Å². The molecular formula is C108H60N6O4. The molecule has 0 amide bonds. The van der Waals surface area contributed by atoms with Crippen LogP contribution >= 0.6 is 0 Å². The summed E-state index contributed by atoms with van der Waals surface area (Å²) in [4.78, 5) is 32.9. The van der Waals surface area contributed by atoms with E-state index in [0.29, 0.717) is 34.9 Å². The van der Waals surface area contributed by atoms with Crippen molar-refractivity contribution in [3.8, 4) is 113 Å². The highest BCUT2D eigenvalue weighted by Crippen LogP contribution is 2.48. The van der Waals surface area contributed by atoms with E-state index in [2.05, 4.69) is 322 Å². The molecular weight excluding hydrogens is 1450 g/mol. The van der Waals surface area contributed by atoms with Gasteiger partial charge in [0.05, 0.1) is 0 Å². The Labute approximate surface area is 672 Å². The highest BCUT2D eigenvalue weighted by Gasteiger charge is 2.26. The number of hydrogen-bond donors (Lipinski definition) is 0. The molecule has 10 nitrogen and oxygen atoms in total. The molecule has 118 heavy (non-hydrogen) atoms. The molecule has 0 aliphatic heterocycles. The second-order valence-corrected chi connectivity index (χ2v) is 30.6. The van der Waals surface area contributed by atoms with E-state index in [1.54, 1.807) is 0 Å². The minimum absolute atomic E-state index is 0.531. The zero-order valence-electron chi connectivity index (χ0n) is 63.0. The van der Waals surface area contributed by atoms with Gasteiger partial charge in [0.1, 0.15) is 44.7 Å². The fourth-order valence-corrected chi connectivity index (χ4v) is 18.5. The average molecular weight is 1510 g/mol. The molecule has 19 aromatic carbocycles. The van der Waals surface area contributed by atoms with Gasteiger partial charge in [-0.15, -0.1) is 0 Å². The number of furan rings is 4. The van der Waals surface area contributed by atoms with Crippen molar-refractivity contribution in [1.82, 2.24) is 29.9 Å². The summed E-state index contributed by atoms with van der Waals surface area (Å²) in [5.41, 5.74) is 20.1. The molecule has 0 aliphatic rings. The highest BCUT2D eigenvalue weighted by atomic mass is 16.3. The van der Waals surface area contributed by atoms with Crippen LogP contribution in [-0.2, 0) is 0 Å². The molecule has 0 bridgehead atoms. The first kappa shape index (κ1) is 65.5. The van der Waals surface area contributed by atoms with Crippen molar-refractivity contribution in [2.45, 2.75) is 0 Å². The van der Waals surface area contributed by atoms with Crippen molar-refractivity contribution in [3.63, 3.8) is 0 Å². The summed E-state index contributed by atoms with van der Waals surface area (Å²) in [6.45, 7) is 0. The molecule has 25 aromatic rings. The van der Waals surface area contributed by atoms with Crippen molar-refractivity contribution in [3.05, 3.63) is 364 Å². The normalized spacial score (nSPS) is 12.1. The van der Waals surface area contributed by atoms with Gasteiger partial charge in [-0.1, -0.05) is 297 Å². The second-order valence-electron chi connectivity index (χ2n) is 30.6. The molecule has 0 spiro atoms. The van der Waals surface area contributed by atoms with Gasteiger partial charge in [0.2, 0.25) is 0 Å². The molecule has 0 atom stereocenters. The van der Waals surface area contributed by atoms with E-state index in [1.807, 2.05) is 42.5 Å². The van der Waals surface area contributed by atoms with Gasteiger partial charge in [-0.2, -0.15) is 0 Å². The lowest BCUT2D eigenvalue weighted by Gasteiger charge is -2.14. The Bertz CT molecular complexity index is 8610. The maximum Gasteiger partial charge on any atom is 0.164 e. The summed E-state index contributed by atoms with van der Waals surface area (Å²) < 4.78 is 26.6. The molecule has 0 radical (unpaired) electrons. The first-order valence-corrected chi connectivity index (χ1v) is 39.7. The first-order chi connectivity index (χ1) is 58.4. The number of nitrogens with zero attached hydrogens (tertiary/aromatic N) is 6. The molecule has 0 saturated carbocycles. The summed E-state index contributed by atoms with van der Waals surface area (Å²) in [6.07, 6.45) is 0. The molecule has 0 saturated heterocycles. The molecule has 0 aliphatic carbocycles. The van der Waals surface area contributed by atoms with Gasteiger partial charge in [-0.05, 0) is 165 Å². The van der Waals surface area contributed by atoms with Gasteiger partial charge >= 0.3 is 0 Å². The maximum absolute atomic E-state index is 7.24. The Kier molecular flexibility index (Phi) is 14.3. The van der Waals surface area contributed by atoms with Crippen LogP contribution in [-0.4, -0.2) is 29.9 Å². The van der Waals surface area contributed by atoms with Crippen LogP contribution in [0, 0.1) is 0 Å². The smallest absolute Gasteiger partial charge is 0.164 e. The van der Waals surface area contributed by atoms with Gasteiger partial charge in [0.15, 0.2) is 34.9 Å². The van der Waals surface area contributed by atoms with Crippen LogP contribution in [0.15, 0.2) is 382 Å². The number of hydrogen-bond acceptors (Lipinski definition) is 10. The quantitative estimate of drug-likeness (QED) is 0.122. The van der Waals surface area contributed by atoms with E-state index in [9.17, 15) is 0 Å². The molecule has 6 heterocycles. The lowest BCUT2D eigenvalue weighted by molar-refractivity contribution is 0.668. The van der Waals surface area contributed by atoms with Gasteiger partial charge in [-0.25, -0.2) is 29.9 Å². The molecule has 0 unspecified atom stereocenters. The van der Waals surface area contributed by atoms with Crippen LogP contribution < -0.4 is 0 Å². The molecule has 10 heteroatoms. The van der Waals surface area contributed by atoms with Gasteiger partial charge in [0.25, 0.3) is 0 Å². The number of benzene rings is 19. The maximum atomic E-state index is 7.24. The Hall–Kier alpha value is -16.0. The van der Waals surface area contributed by atoms with Gasteiger partial charge in [0, 0.05) is 87.4 Å². The van der Waals surface area contributed by atoms with Crippen LogP contribution in [0.4, 0.5) is 0 Å². The fraction of sp³-hybridized carbons (Fsp3) is 0. The standard InChI is InChI=1S/C108H60N6O4/c1-2-22-73-63(18-1)48-49-65-50-53-71(59-88(65)73)105-109-103(69-21-11-20-68(57-69)74-28-16-40-93-98(74)83-25-5-8-37-90(83)115-93)112-108(113-105)89-60-96-100(80-24-4-3-23-79(80)89)86-35-13-29-75(102(86)118-96)64-46-42-61(43-47-64)67-51-44-62-45-52-70(58-72(62)56-67)104-110-106(114-107(111-104)87-36-12-19-66-54-55-95-101(97(66)87)85-27-7-10-39-92(85)117-95)82-34-15-30-76-77(31-14-32-78(76)82)81-33-17-41-94-99(81)84-26-6-9-38-91(84)116-94/h1-60H. The summed E-state index contributed by atoms with van der Waals surface area (Å²) >= 11 is 0. The van der Waals surface area contributed by atoms with Gasteiger partial charge < -0.3 is 17.7 Å². The Balaban J connectivity index is 0.595. The lowest BCUT2D eigenvalue weighted by atomic mass is 9.93. The van der Waals surface area contributed by atoms with E-state index >= 15 is 0 Å². The first-order valence-electron chi connectivity index (χ1n) is 39.7. The van der Waals surface area contributed by atoms with Crippen molar-refractivity contribution in [1.29, 1.82) is 0 Å². The minimum atomic E-state index is 0.531. The van der Waals surface area contributed by atoms with E-state index in [0.717, 1.165) is 225 Å². The fourth-order valence-electron chi connectivity index (χ4n) is 18.5. The zero-order chi connectivity index (χ0) is 77.2. The number of aromatic nitrogens is 6. The predicted molar refractivity (Wildman–Crippen MR) is 482 cm³/mol. The Morgan fingerprint density at radius 3 is 1.29 bits per heavy atom. The van der Waals surface area contributed by atoms with Crippen molar-refractivity contribution in [2.75, 3.05) is 0 Å². The van der Waals surface area contributed by atoms with Crippen LogP contribution in [0.2, 0.25) is 0 Å². The van der Waals surface area contributed by atoms with Crippen LogP contribution in [0.25, 0.3) is 265 Å². The van der Waals surface area contributed by atoms with E-state index < -0.39 is 0 Å². The third-order valence-electron chi connectivity index (χ3n) is 24.0. The zero-order valence-corrected chi connectivity index (χ0v) is 63.0. The number of fused-ring (bicyclic) bond motifs is 21. The van der Waals surface area contributed by atoms with Gasteiger partial charge in [-0.3, -0.25) is 0 Å². The molecule has 546 valence electrons. The molecule has 25 rings (SSSR count). The van der Waals surface area contributed by atoms with Crippen molar-refractivity contribution >= 4 is 152 Å². The lowest BCUT2D eigenvalue weighted by Crippen LogP contribution is -2.01. The predicted octanol–water partition coefficient (Wildman–Crippen LogP) is 29.2. The minimum Gasteiger partial charge on any atom is -0.456 e. The summed E-state index contributed by atoms with van der Waals surface area (Å²) in [6, 6.07) is 128. The molecule has 0 N–H and O–H groups in total. The summed E-state index contributed by atoms with van der Waals surface area (Å²) in [5, 5.41) is 21.3. The largest absolute Gasteiger partial charge is 0.456 e. The van der Waals surface area contributed by atoms with Crippen molar-refractivity contribution < 1.29 is 17.7 Å². The monoisotopic (exact) mass is 1500 g/mol. The second kappa shape index (κ2) is 25.7. The topological polar surface area (TPSA) is 130 Å². The Morgan fingerprint density at radius 2 is 0.559 bits per heavy atom. The SMILES string of the molecule is c1cc(-c2nc(-c3ccc4ccc5ccccc5c4c3)nc(-c3cc4oc5c(-c6ccc(-c7ccc8ccc(-c9nc(-c%10cccc%11c(-c%12cccc%13oc%14ccccc%14c%12%13)cccc%10%11)nc(-c%10cccc%11ccc%12oc%13ccccc%13c%12c%10%11)n9)cc8c7)cc6)cccc5c4c4ccccc34)n2)cc(-c2cccc3oc4ccccc4c23)c1. The summed E-state index contributed by atoms with van der Waals surface area (Å²) in [7, 11) is 0. The van der Waals surface area contributed by atoms with E-state index in [1.165, 1.54) is 5.39 Å². The third kappa shape index (κ3) is 10.3. The Morgan fingerprint density at radius 1 is 0.144 bits per heavy atom. The highest BCUT2D eigenvalue weighted by molar-refractivity contribution is 6.25. The number of para-hydroxylation sites is 4. The van der Waals surface area contributed by atoms with Crippen molar-refractivity contribution in [2.24, 2.45) is 0 Å². The third-order valence-corrected chi connectivity index (χ3v) is 24.0. The number of rotatable bonds is 10.